The van der Waals surface area contributed by atoms with E-state index in [4.69, 9.17) is 5.11 Å². The smallest absolute Gasteiger partial charge is 0.320 e. The second-order valence-electron chi connectivity index (χ2n) is 3.63. The fourth-order valence-corrected chi connectivity index (χ4v) is 4.27. The van der Waals surface area contributed by atoms with Crippen molar-refractivity contribution in [1.82, 2.24) is 4.72 Å². The van der Waals surface area contributed by atoms with Gasteiger partial charge in [0, 0.05) is 6.54 Å². The van der Waals surface area contributed by atoms with E-state index in [1.165, 1.54) is 0 Å². The van der Waals surface area contributed by atoms with Crippen LogP contribution in [0.1, 0.15) is 12.8 Å². The monoisotopic (exact) mass is 271 g/mol. The molecule has 0 radical (unpaired) electrons. The molecule has 0 spiro atoms. The molecule has 0 aromatic heterocycles. The Morgan fingerprint density at radius 3 is 2.50 bits per heavy atom. The zero-order valence-electron chi connectivity index (χ0n) is 8.42. The summed E-state index contributed by atoms with van der Waals surface area (Å²) in [5.74, 6) is -2.44. The van der Waals surface area contributed by atoms with Crippen molar-refractivity contribution < 1.29 is 26.7 Å². The average Bonchev–Trinajstić information content (AvgIpc) is 2.39. The number of carbonyl (C=O) groups is 1. The second kappa shape index (κ2) is 4.68. The fraction of sp³-hybridized carbons (Fsp3) is 0.857. The van der Waals surface area contributed by atoms with Crippen LogP contribution in [-0.2, 0) is 24.7 Å². The van der Waals surface area contributed by atoms with Gasteiger partial charge in [0.15, 0.2) is 15.6 Å². The molecule has 0 aliphatic carbocycles. The van der Waals surface area contributed by atoms with Crippen LogP contribution in [-0.4, -0.2) is 51.2 Å². The Morgan fingerprint density at radius 2 is 2.06 bits per heavy atom. The Bertz CT molecular complexity index is 465. The molecule has 1 saturated heterocycles. The predicted octanol–water partition coefficient (Wildman–Crippen LogP) is -1.43. The first kappa shape index (κ1) is 13.4. The van der Waals surface area contributed by atoms with E-state index in [0.717, 1.165) is 0 Å². The van der Waals surface area contributed by atoms with E-state index in [2.05, 4.69) is 0 Å². The minimum absolute atomic E-state index is 0.0678. The van der Waals surface area contributed by atoms with E-state index in [9.17, 15) is 21.6 Å². The van der Waals surface area contributed by atoms with Crippen LogP contribution in [0, 0.1) is 0 Å². The molecule has 1 heterocycles. The number of carboxylic acids is 1. The molecule has 0 bridgehead atoms. The second-order valence-corrected chi connectivity index (χ2v) is 7.84. The first-order valence-electron chi connectivity index (χ1n) is 4.64. The zero-order valence-corrected chi connectivity index (χ0v) is 10.1. The molecule has 1 fully saturated rings. The Morgan fingerprint density at radius 1 is 1.44 bits per heavy atom. The highest BCUT2D eigenvalue weighted by molar-refractivity contribution is 7.92. The lowest BCUT2D eigenvalue weighted by atomic mass is 10.2. The van der Waals surface area contributed by atoms with E-state index >= 15 is 0 Å². The van der Waals surface area contributed by atoms with Crippen LogP contribution in [0.15, 0.2) is 0 Å². The largest absolute Gasteiger partial charge is 0.480 e. The molecule has 1 aliphatic rings. The predicted molar refractivity (Wildman–Crippen MR) is 56.2 cm³/mol. The summed E-state index contributed by atoms with van der Waals surface area (Å²) >= 11 is 0. The maximum Gasteiger partial charge on any atom is 0.320 e. The topological polar surface area (TPSA) is 118 Å². The van der Waals surface area contributed by atoms with Crippen molar-refractivity contribution in [2.24, 2.45) is 0 Å². The maximum atomic E-state index is 11.3. The summed E-state index contributed by atoms with van der Waals surface area (Å²) in [5, 5.41) is 7.58. The number of aliphatic carboxylic acids is 1. The highest BCUT2D eigenvalue weighted by atomic mass is 32.2. The molecule has 0 saturated carbocycles. The molecule has 94 valence electrons. The maximum absolute atomic E-state index is 11.3. The van der Waals surface area contributed by atoms with Gasteiger partial charge >= 0.3 is 5.97 Å². The number of sulfone groups is 1. The summed E-state index contributed by atoms with van der Waals surface area (Å²) in [6, 6.07) is 0. The van der Waals surface area contributed by atoms with Gasteiger partial charge in [-0.3, -0.25) is 4.79 Å². The number of nitrogens with one attached hydrogen (secondary N) is 1. The Hall–Kier alpha value is -0.670. The lowest BCUT2D eigenvalue weighted by molar-refractivity contribution is -0.134. The summed E-state index contributed by atoms with van der Waals surface area (Å²) in [5.41, 5.74) is 0. The van der Waals surface area contributed by atoms with Crippen molar-refractivity contribution in [3.63, 3.8) is 0 Å². The molecule has 0 aromatic rings. The number of hydrogen-bond acceptors (Lipinski definition) is 5. The number of carboxylic acid groups (broad SMARTS) is 1. The van der Waals surface area contributed by atoms with Crippen LogP contribution in [0.3, 0.4) is 0 Å². The molecule has 0 amide bonds. The standard InChI is InChI=1S/C7H13NO6S2/c9-7(10)5-16(13,14)8-4-6-2-1-3-15(6,11)12/h6,8H,1-5H2,(H,9,10). The van der Waals surface area contributed by atoms with Crippen LogP contribution < -0.4 is 4.72 Å². The summed E-state index contributed by atoms with van der Waals surface area (Å²) in [4.78, 5) is 10.2. The third-order valence-electron chi connectivity index (χ3n) is 2.31. The van der Waals surface area contributed by atoms with Crippen molar-refractivity contribution in [2.45, 2.75) is 18.1 Å². The van der Waals surface area contributed by atoms with Gasteiger partial charge in [0.1, 0.15) is 0 Å². The molecule has 1 aliphatic heterocycles. The SMILES string of the molecule is O=C(O)CS(=O)(=O)NCC1CCCS1(=O)=O. The van der Waals surface area contributed by atoms with E-state index in [1.807, 2.05) is 4.72 Å². The molecular formula is C7H13NO6S2. The first-order valence-corrected chi connectivity index (χ1v) is 8.00. The van der Waals surface area contributed by atoms with E-state index < -0.39 is 36.8 Å². The normalized spacial score (nSPS) is 24.4. The molecule has 0 aromatic carbocycles. The first-order chi connectivity index (χ1) is 7.23. The van der Waals surface area contributed by atoms with Gasteiger partial charge < -0.3 is 5.11 Å². The zero-order chi connectivity index (χ0) is 12.4. The number of sulfonamides is 1. The molecule has 1 rings (SSSR count). The van der Waals surface area contributed by atoms with Gasteiger partial charge in [-0.1, -0.05) is 0 Å². The van der Waals surface area contributed by atoms with Crippen LogP contribution >= 0.6 is 0 Å². The van der Waals surface area contributed by atoms with Gasteiger partial charge in [-0.25, -0.2) is 21.6 Å². The molecule has 9 heteroatoms. The van der Waals surface area contributed by atoms with Crippen molar-refractivity contribution in [3.05, 3.63) is 0 Å². The van der Waals surface area contributed by atoms with E-state index in [-0.39, 0.29) is 12.3 Å². The fourth-order valence-electron chi connectivity index (χ4n) is 1.52. The Labute approximate surface area is 93.8 Å². The van der Waals surface area contributed by atoms with Crippen molar-refractivity contribution in [2.75, 3.05) is 18.1 Å². The quantitative estimate of drug-likeness (QED) is 0.633. The van der Waals surface area contributed by atoms with Crippen molar-refractivity contribution in [3.8, 4) is 0 Å². The van der Waals surface area contributed by atoms with Crippen LogP contribution in [0.2, 0.25) is 0 Å². The molecule has 7 nitrogen and oxygen atoms in total. The molecule has 1 unspecified atom stereocenters. The highest BCUT2D eigenvalue weighted by Gasteiger charge is 2.32. The molecule has 2 N–H and O–H groups in total. The van der Waals surface area contributed by atoms with Gasteiger partial charge in [0.05, 0.1) is 11.0 Å². The summed E-state index contributed by atoms with van der Waals surface area (Å²) in [6.07, 6.45) is 0.936. The lowest BCUT2D eigenvalue weighted by Crippen LogP contribution is -2.37. The minimum Gasteiger partial charge on any atom is -0.480 e. The van der Waals surface area contributed by atoms with Gasteiger partial charge in [-0.05, 0) is 12.8 Å². The molecule has 16 heavy (non-hydrogen) atoms. The van der Waals surface area contributed by atoms with Gasteiger partial charge in [0.2, 0.25) is 10.0 Å². The van der Waals surface area contributed by atoms with E-state index in [1.54, 1.807) is 0 Å². The lowest BCUT2D eigenvalue weighted by Gasteiger charge is -2.09. The Balaban J connectivity index is 2.55. The van der Waals surface area contributed by atoms with Crippen molar-refractivity contribution in [1.29, 1.82) is 0 Å². The molecule has 1 atom stereocenters. The number of hydrogen-bond donors (Lipinski definition) is 2. The number of rotatable bonds is 5. The summed E-state index contributed by atoms with van der Waals surface area (Å²) < 4.78 is 46.9. The van der Waals surface area contributed by atoms with Gasteiger partial charge in [-0.2, -0.15) is 0 Å². The summed E-state index contributed by atoms with van der Waals surface area (Å²) in [6.45, 7) is -0.238. The highest BCUT2D eigenvalue weighted by Crippen LogP contribution is 2.19. The van der Waals surface area contributed by atoms with E-state index in [0.29, 0.717) is 12.8 Å². The van der Waals surface area contributed by atoms with Crippen LogP contribution in [0.25, 0.3) is 0 Å². The third kappa shape index (κ3) is 3.72. The summed E-state index contributed by atoms with van der Waals surface area (Å²) in [7, 11) is -7.14. The third-order valence-corrected chi connectivity index (χ3v) is 5.82. The van der Waals surface area contributed by atoms with Crippen LogP contribution in [0.4, 0.5) is 0 Å². The average molecular weight is 271 g/mol. The van der Waals surface area contributed by atoms with Crippen molar-refractivity contribution >= 4 is 25.8 Å². The Kier molecular flexibility index (Phi) is 3.92. The molecular weight excluding hydrogens is 258 g/mol. The van der Waals surface area contributed by atoms with Gasteiger partial charge in [0.25, 0.3) is 0 Å². The van der Waals surface area contributed by atoms with Gasteiger partial charge in [-0.15, -0.1) is 0 Å². The van der Waals surface area contributed by atoms with Crippen LogP contribution in [0.5, 0.6) is 0 Å². The minimum atomic E-state index is -3.93.